The zero-order valence-electron chi connectivity index (χ0n) is 15.9. The van der Waals surface area contributed by atoms with Gasteiger partial charge in [0.25, 0.3) is 0 Å². The average molecular weight is 341 g/mol. The Labute approximate surface area is 147 Å². The molecule has 2 fully saturated rings. The average Bonchev–Trinajstić information content (AvgIpc) is 2.47. The third-order valence-corrected chi connectivity index (χ3v) is 5.52. The van der Waals surface area contributed by atoms with Crippen LogP contribution >= 0.6 is 0 Å². The molecule has 0 unspecified atom stereocenters. The van der Waals surface area contributed by atoms with Crippen LogP contribution in [0.1, 0.15) is 52.9 Å². The quantitative estimate of drug-likeness (QED) is 0.777. The predicted octanol–water partition coefficient (Wildman–Crippen LogP) is 2.04. The molecule has 0 aromatic rings. The first-order chi connectivity index (χ1) is 11.3. The Kier molecular flexibility index (Phi) is 7.08. The maximum Gasteiger partial charge on any atom is 0.223 e. The van der Waals surface area contributed by atoms with E-state index in [0.29, 0.717) is 19.1 Å². The lowest BCUT2D eigenvalue weighted by Crippen LogP contribution is -2.49. The van der Waals surface area contributed by atoms with E-state index in [1.165, 1.54) is 6.42 Å². The molecule has 1 saturated carbocycles. The van der Waals surface area contributed by atoms with Gasteiger partial charge in [0.15, 0.2) is 0 Å². The number of aliphatic hydroxyl groups is 1. The molecule has 2 rings (SSSR count). The van der Waals surface area contributed by atoms with E-state index in [9.17, 15) is 9.90 Å². The van der Waals surface area contributed by atoms with Crippen molar-refractivity contribution in [3.63, 3.8) is 0 Å². The molecule has 24 heavy (non-hydrogen) atoms. The van der Waals surface area contributed by atoms with Gasteiger partial charge in [-0.25, -0.2) is 0 Å². The molecule has 1 aliphatic carbocycles. The number of aliphatic hydroxyl groups excluding tert-OH is 1. The minimum Gasteiger partial charge on any atom is -0.389 e. The molecule has 0 bridgehead atoms. The Hall–Kier alpha value is -0.650. The van der Waals surface area contributed by atoms with E-state index in [0.717, 1.165) is 38.8 Å². The number of amides is 1. The highest BCUT2D eigenvalue weighted by molar-refractivity contribution is 5.79. The van der Waals surface area contributed by atoms with Gasteiger partial charge in [-0.15, -0.1) is 0 Å². The predicted molar refractivity (Wildman–Crippen MR) is 95.8 cm³/mol. The lowest BCUT2D eigenvalue weighted by molar-refractivity contribution is -0.129. The third-order valence-electron chi connectivity index (χ3n) is 5.52. The molecule has 5 heteroatoms. The summed E-state index contributed by atoms with van der Waals surface area (Å²) in [5.41, 5.74) is 0.278. The van der Waals surface area contributed by atoms with Crippen molar-refractivity contribution in [1.82, 2.24) is 10.2 Å². The normalized spacial score (nSPS) is 30.0. The molecule has 1 amide bonds. The molecule has 5 nitrogen and oxygen atoms in total. The second-order valence-corrected chi connectivity index (χ2v) is 8.80. The van der Waals surface area contributed by atoms with E-state index >= 15 is 0 Å². The number of nitrogens with one attached hydrogen (secondary N) is 1. The number of carbonyl (C=O) groups excluding carboxylic acids is 1. The van der Waals surface area contributed by atoms with E-state index in [4.69, 9.17) is 4.74 Å². The fraction of sp³-hybridized carbons (Fsp3) is 0.947. The van der Waals surface area contributed by atoms with Gasteiger partial charge in [-0.05, 0) is 43.4 Å². The van der Waals surface area contributed by atoms with Gasteiger partial charge in [-0.3, -0.25) is 4.79 Å². The summed E-state index contributed by atoms with van der Waals surface area (Å²) in [6.07, 6.45) is 4.77. The number of β-amino-alcohol motifs (C(OH)–C–C–N with tert-alkyl or cyclic N) is 1. The van der Waals surface area contributed by atoms with Gasteiger partial charge in [0.05, 0.1) is 12.7 Å². The van der Waals surface area contributed by atoms with Crippen LogP contribution in [0.4, 0.5) is 0 Å². The number of carbonyl (C=O) groups is 1. The van der Waals surface area contributed by atoms with Gasteiger partial charge < -0.3 is 20.1 Å². The minimum atomic E-state index is -0.424. The summed E-state index contributed by atoms with van der Waals surface area (Å²) in [5.74, 6) is 1.06. The van der Waals surface area contributed by atoms with E-state index in [2.05, 4.69) is 31.0 Å². The van der Waals surface area contributed by atoms with Gasteiger partial charge in [0.2, 0.25) is 5.91 Å². The number of ether oxygens (including phenoxy) is 1. The first-order valence-corrected chi connectivity index (χ1v) is 9.49. The summed E-state index contributed by atoms with van der Waals surface area (Å²) in [6, 6.07) is 0.286. The van der Waals surface area contributed by atoms with E-state index in [-0.39, 0.29) is 23.3 Å². The molecular formula is C19H36N2O3. The monoisotopic (exact) mass is 340 g/mol. The number of methoxy groups -OCH3 is 1. The topological polar surface area (TPSA) is 61.8 Å². The Bertz CT molecular complexity index is 405. The number of hydrogen-bond acceptors (Lipinski definition) is 4. The lowest BCUT2D eigenvalue weighted by atomic mass is 9.68. The van der Waals surface area contributed by atoms with Gasteiger partial charge >= 0.3 is 0 Å². The smallest absolute Gasteiger partial charge is 0.223 e. The molecule has 0 radical (unpaired) electrons. The van der Waals surface area contributed by atoms with Crippen molar-refractivity contribution in [2.45, 2.75) is 65.0 Å². The Balaban J connectivity index is 1.74. The summed E-state index contributed by atoms with van der Waals surface area (Å²) in [5, 5.41) is 13.1. The van der Waals surface area contributed by atoms with Crippen molar-refractivity contribution < 1.29 is 14.6 Å². The molecule has 2 N–H and O–H groups in total. The number of hydrogen-bond donors (Lipinski definition) is 2. The third kappa shape index (κ3) is 6.01. The van der Waals surface area contributed by atoms with Crippen LogP contribution in [-0.2, 0) is 9.53 Å². The zero-order chi connectivity index (χ0) is 17.7. The first-order valence-electron chi connectivity index (χ1n) is 9.49. The van der Waals surface area contributed by atoms with Gasteiger partial charge in [0, 0.05) is 38.7 Å². The summed E-state index contributed by atoms with van der Waals surface area (Å²) in [7, 11) is 1.61. The van der Waals surface area contributed by atoms with Gasteiger partial charge in [-0.2, -0.15) is 0 Å². The Morgan fingerprint density at radius 3 is 2.58 bits per heavy atom. The van der Waals surface area contributed by atoms with Gasteiger partial charge in [0.1, 0.15) is 0 Å². The number of likely N-dealkylation sites (tertiary alicyclic amines) is 1. The molecule has 0 aromatic carbocycles. The van der Waals surface area contributed by atoms with Crippen LogP contribution in [0.25, 0.3) is 0 Å². The lowest BCUT2D eigenvalue weighted by Gasteiger charge is -2.39. The maximum atomic E-state index is 12.7. The number of piperidine rings is 1. The van der Waals surface area contributed by atoms with Crippen LogP contribution in [0.2, 0.25) is 0 Å². The van der Waals surface area contributed by atoms with E-state index in [1.807, 2.05) is 0 Å². The molecule has 1 aliphatic heterocycles. The largest absolute Gasteiger partial charge is 0.389 e. The van der Waals surface area contributed by atoms with Crippen molar-refractivity contribution in [1.29, 1.82) is 0 Å². The number of rotatable bonds is 6. The fourth-order valence-corrected chi connectivity index (χ4v) is 4.67. The molecule has 0 aromatic heterocycles. The summed E-state index contributed by atoms with van der Waals surface area (Å²) >= 11 is 0. The molecule has 140 valence electrons. The molecule has 3 atom stereocenters. The van der Waals surface area contributed by atoms with Crippen LogP contribution in [0.5, 0.6) is 0 Å². The Morgan fingerprint density at radius 2 is 2.00 bits per heavy atom. The maximum absolute atomic E-state index is 12.7. The van der Waals surface area contributed by atoms with Crippen molar-refractivity contribution in [2.75, 3.05) is 33.4 Å². The van der Waals surface area contributed by atoms with E-state index in [1.54, 1.807) is 7.11 Å². The Morgan fingerprint density at radius 1 is 1.33 bits per heavy atom. The van der Waals surface area contributed by atoms with E-state index < -0.39 is 6.10 Å². The van der Waals surface area contributed by atoms with Crippen LogP contribution < -0.4 is 5.32 Å². The van der Waals surface area contributed by atoms with Crippen LogP contribution in [0.15, 0.2) is 0 Å². The highest BCUT2D eigenvalue weighted by Crippen LogP contribution is 2.41. The second kappa shape index (κ2) is 8.63. The molecule has 0 spiro atoms. The van der Waals surface area contributed by atoms with Crippen LogP contribution in [0.3, 0.4) is 0 Å². The van der Waals surface area contributed by atoms with Crippen molar-refractivity contribution in [2.24, 2.45) is 17.3 Å². The van der Waals surface area contributed by atoms with Gasteiger partial charge in [-0.1, -0.05) is 20.8 Å². The summed E-state index contributed by atoms with van der Waals surface area (Å²) < 4.78 is 4.98. The SMILES string of the molecule is COC[C@H](O)CN1CCC(NC(=O)[C@@H]2C[C@@H](C)CC(C)(C)C2)CC1. The fourth-order valence-electron chi connectivity index (χ4n) is 4.67. The summed E-state index contributed by atoms with van der Waals surface area (Å²) in [4.78, 5) is 14.9. The van der Waals surface area contributed by atoms with Crippen molar-refractivity contribution in [3.8, 4) is 0 Å². The zero-order valence-corrected chi connectivity index (χ0v) is 15.9. The second-order valence-electron chi connectivity index (χ2n) is 8.80. The van der Waals surface area contributed by atoms with Crippen molar-refractivity contribution in [3.05, 3.63) is 0 Å². The molecular weight excluding hydrogens is 304 g/mol. The highest BCUT2D eigenvalue weighted by atomic mass is 16.5. The molecule has 1 heterocycles. The number of nitrogens with zero attached hydrogens (tertiary/aromatic N) is 1. The van der Waals surface area contributed by atoms with Crippen LogP contribution in [0, 0.1) is 17.3 Å². The summed E-state index contributed by atoms with van der Waals surface area (Å²) in [6.45, 7) is 9.73. The van der Waals surface area contributed by atoms with Crippen LogP contribution in [-0.4, -0.2) is 61.4 Å². The minimum absolute atomic E-state index is 0.172. The standard InChI is InChI=1S/C19H36N2O3/c1-14-9-15(11-19(2,3)10-14)18(23)20-16-5-7-21(8-6-16)12-17(22)13-24-4/h14-17,22H,5-13H2,1-4H3,(H,20,23)/t14-,15-,17-/m1/s1. The highest BCUT2D eigenvalue weighted by Gasteiger charge is 2.36. The first kappa shape index (κ1) is 19.7. The van der Waals surface area contributed by atoms with Crippen molar-refractivity contribution >= 4 is 5.91 Å². The molecule has 1 saturated heterocycles. The molecule has 2 aliphatic rings.